The van der Waals surface area contributed by atoms with Crippen LogP contribution in [0.2, 0.25) is 0 Å². The van der Waals surface area contributed by atoms with Crippen LogP contribution in [0.15, 0.2) is 17.3 Å². The zero-order valence-electron chi connectivity index (χ0n) is 14.3. The molecule has 0 radical (unpaired) electrons. The van der Waals surface area contributed by atoms with Crippen molar-refractivity contribution >= 4 is 15.7 Å². The summed E-state index contributed by atoms with van der Waals surface area (Å²) in [5.74, 6) is 0.180. The number of rotatable bonds is 3. The molecule has 0 aromatic carbocycles. The average molecular weight is 378 g/mol. The van der Waals surface area contributed by atoms with Crippen molar-refractivity contribution in [1.82, 2.24) is 30.9 Å². The van der Waals surface area contributed by atoms with E-state index in [-0.39, 0.29) is 10.9 Å². The molecule has 140 valence electrons. The fourth-order valence-corrected chi connectivity index (χ4v) is 4.76. The molecule has 4 rings (SSSR count). The van der Waals surface area contributed by atoms with Gasteiger partial charge in [-0.15, -0.1) is 10.2 Å². The minimum Gasteiger partial charge on any atom is -0.371 e. The molecule has 1 spiro atoms. The molecule has 0 amide bonds. The third kappa shape index (κ3) is 3.17. The SMILES string of the molecule is NS(=O)(=O)c1nccc(N2CCC3(CCNCC3)CC2)c1-c1nn[nH]n1. The molecular weight excluding hydrogens is 356 g/mol. The second-order valence-corrected chi connectivity index (χ2v) is 8.50. The number of aromatic nitrogens is 5. The lowest BCUT2D eigenvalue weighted by molar-refractivity contribution is 0.155. The van der Waals surface area contributed by atoms with Crippen LogP contribution in [0.1, 0.15) is 25.7 Å². The zero-order valence-corrected chi connectivity index (χ0v) is 15.2. The topological polar surface area (TPSA) is 143 Å². The van der Waals surface area contributed by atoms with Crippen molar-refractivity contribution in [3.63, 3.8) is 0 Å². The Bertz CT molecular complexity index is 867. The Hall–Kier alpha value is -2.11. The lowest BCUT2D eigenvalue weighted by Gasteiger charge is -2.45. The minimum absolute atomic E-state index is 0.180. The number of hydrogen-bond acceptors (Lipinski definition) is 8. The van der Waals surface area contributed by atoms with Crippen LogP contribution in [0.5, 0.6) is 0 Å². The second kappa shape index (κ2) is 6.56. The first-order chi connectivity index (χ1) is 12.5. The molecular formula is C15H22N8O2S. The number of pyridine rings is 1. The van der Waals surface area contributed by atoms with Crippen LogP contribution in [-0.2, 0) is 10.0 Å². The average Bonchev–Trinajstić information content (AvgIpc) is 3.16. The van der Waals surface area contributed by atoms with Crippen LogP contribution in [-0.4, -0.2) is 60.2 Å². The molecule has 2 aromatic rings. The van der Waals surface area contributed by atoms with Crippen molar-refractivity contribution in [1.29, 1.82) is 0 Å². The van der Waals surface area contributed by atoms with Crippen molar-refractivity contribution < 1.29 is 8.42 Å². The number of primary sulfonamides is 1. The number of nitrogens with two attached hydrogens (primary N) is 1. The van der Waals surface area contributed by atoms with Gasteiger partial charge in [0.2, 0.25) is 5.82 Å². The summed E-state index contributed by atoms with van der Waals surface area (Å²) in [5.41, 5.74) is 1.43. The summed E-state index contributed by atoms with van der Waals surface area (Å²) >= 11 is 0. The van der Waals surface area contributed by atoms with E-state index >= 15 is 0 Å². The molecule has 0 bridgehead atoms. The molecule has 2 aliphatic heterocycles. The highest BCUT2D eigenvalue weighted by Gasteiger charge is 2.37. The van der Waals surface area contributed by atoms with Gasteiger partial charge < -0.3 is 10.2 Å². The molecule has 0 saturated carbocycles. The number of tetrazole rings is 1. The molecule has 26 heavy (non-hydrogen) atoms. The number of hydrogen-bond donors (Lipinski definition) is 3. The molecule has 11 heteroatoms. The Morgan fingerprint density at radius 1 is 1.15 bits per heavy atom. The summed E-state index contributed by atoms with van der Waals surface area (Å²) in [6.07, 6.45) is 6.00. The standard InChI is InChI=1S/C15H22N8O2S/c16-26(24,25)14-12(13-19-21-22-20-13)11(1-6-18-14)23-9-4-15(5-10-23)2-7-17-8-3-15/h1,6,17H,2-5,7-10H2,(H2,16,24,25)(H,19,20,21,22). The van der Waals surface area contributed by atoms with Crippen LogP contribution in [0.4, 0.5) is 5.69 Å². The van der Waals surface area contributed by atoms with Crippen LogP contribution < -0.4 is 15.4 Å². The summed E-state index contributed by atoms with van der Waals surface area (Å²) in [7, 11) is -4.02. The van der Waals surface area contributed by atoms with Gasteiger partial charge in [0, 0.05) is 19.3 Å². The first-order valence-corrected chi connectivity index (χ1v) is 10.2. The smallest absolute Gasteiger partial charge is 0.256 e. The molecule has 4 N–H and O–H groups in total. The Balaban J connectivity index is 1.69. The van der Waals surface area contributed by atoms with Gasteiger partial charge in [-0.2, -0.15) is 5.21 Å². The predicted octanol–water partition coefficient (Wildman–Crippen LogP) is -0.121. The maximum Gasteiger partial charge on any atom is 0.256 e. The molecule has 2 fully saturated rings. The highest BCUT2D eigenvalue weighted by atomic mass is 32.2. The van der Waals surface area contributed by atoms with Gasteiger partial charge in [0.05, 0.1) is 11.3 Å². The fraction of sp³-hybridized carbons (Fsp3) is 0.600. The van der Waals surface area contributed by atoms with Crippen LogP contribution >= 0.6 is 0 Å². The van der Waals surface area contributed by atoms with E-state index in [0.29, 0.717) is 11.0 Å². The number of nitrogens with one attached hydrogen (secondary N) is 2. The van der Waals surface area contributed by atoms with E-state index in [1.54, 1.807) is 6.07 Å². The molecule has 10 nitrogen and oxygen atoms in total. The first-order valence-electron chi connectivity index (χ1n) is 8.70. The summed E-state index contributed by atoms with van der Waals surface area (Å²) in [5, 5.41) is 22.4. The van der Waals surface area contributed by atoms with E-state index in [0.717, 1.165) is 44.7 Å². The van der Waals surface area contributed by atoms with Crippen molar-refractivity contribution in [2.24, 2.45) is 10.6 Å². The van der Waals surface area contributed by atoms with Gasteiger partial charge in [0.15, 0.2) is 5.03 Å². The monoisotopic (exact) mass is 378 g/mol. The number of aromatic amines is 1. The normalized spacial score (nSPS) is 20.4. The van der Waals surface area contributed by atoms with Crippen molar-refractivity contribution in [3.8, 4) is 11.4 Å². The number of anilines is 1. The lowest BCUT2D eigenvalue weighted by Crippen LogP contribution is -2.45. The van der Waals surface area contributed by atoms with Crippen molar-refractivity contribution in [2.75, 3.05) is 31.1 Å². The molecule has 0 unspecified atom stereocenters. The van der Waals surface area contributed by atoms with Gasteiger partial charge in [0.25, 0.3) is 10.0 Å². The maximum atomic E-state index is 12.0. The number of H-pyrrole nitrogens is 1. The molecule has 0 aliphatic carbocycles. The Morgan fingerprint density at radius 3 is 2.50 bits per heavy atom. The minimum atomic E-state index is -4.02. The van der Waals surface area contributed by atoms with Crippen LogP contribution in [0.3, 0.4) is 0 Å². The number of piperidine rings is 2. The third-order valence-electron chi connectivity index (χ3n) is 5.56. The largest absolute Gasteiger partial charge is 0.371 e. The highest BCUT2D eigenvalue weighted by molar-refractivity contribution is 7.89. The number of sulfonamides is 1. The summed E-state index contributed by atoms with van der Waals surface area (Å²) in [6, 6.07) is 1.79. The Kier molecular flexibility index (Phi) is 4.37. The van der Waals surface area contributed by atoms with Crippen LogP contribution in [0, 0.1) is 5.41 Å². The molecule has 2 aliphatic rings. The molecule has 0 atom stereocenters. The molecule has 2 saturated heterocycles. The van der Waals surface area contributed by atoms with E-state index in [4.69, 9.17) is 5.14 Å². The van der Waals surface area contributed by atoms with Gasteiger partial charge in [0.1, 0.15) is 0 Å². The van der Waals surface area contributed by atoms with Crippen molar-refractivity contribution in [3.05, 3.63) is 12.3 Å². The van der Waals surface area contributed by atoms with Crippen molar-refractivity contribution in [2.45, 2.75) is 30.7 Å². The van der Waals surface area contributed by atoms with Crippen LogP contribution in [0.25, 0.3) is 11.4 Å². The predicted molar refractivity (Wildman–Crippen MR) is 94.8 cm³/mol. The molecule has 2 aromatic heterocycles. The van der Waals surface area contributed by atoms with E-state index in [1.807, 2.05) is 0 Å². The number of nitrogens with zero attached hydrogens (tertiary/aromatic N) is 5. The highest BCUT2D eigenvalue weighted by Crippen LogP contribution is 2.42. The van der Waals surface area contributed by atoms with Gasteiger partial charge in [-0.05, 0) is 55.5 Å². The van der Waals surface area contributed by atoms with E-state index in [1.165, 1.54) is 19.0 Å². The van der Waals surface area contributed by atoms with Gasteiger partial charge >= 0.3 is 0 Å². The second-order valence-electron chi connectivity index (χ2n) is 7.03. The zero-order chi connectivity index (χ0) is 18.2. The first kappa shape index (κ1) is 17.3. The van der Waals surface area contributed by atoms with E-state index in [2.05, 4.69) is 35.8 Å². The summed E-state index contributed by atoms with van der Waals surface area (Å²) in [6.45, 7) is 3.83. The summed E-state index contributed by atoms with van der Waals surface area (Å²) in [4.78, 5) is 6.15. The quantitative estimate of drug-likeness (QED) is 0.671. The molecule has 4 heterocycles. The Morgan fingerprint density at radius 2 is 1.88 bits per heavy atom. The third-order valence-corrected chi connectivity index (χ3v) is 6.41. The van der Waals surface area contributed by atoms with Gasteiger partial charge in [-0.1, -0.05) is 0 Å². The summed E-state index contributed by atoms with van der Waals surface area (Å²) < 4.78 is 24.1. The maximum absolute atomic E-state index is 12.0. The fourth-order valence-electron chi connectivity index (χ4n) is 4.07. The van der Waals surface area contributed by atoms with Gasteiger partial charge in [-0.25, -0.2) is 18.5 Å². The van der Waals surface area contributed by atoms with E-state index < -0.39 is 10.0 Å². The van der Waals surface area contributed by atoms with Gasteiger partial charge in [-0.3, -0.25) is 0 Å². The van der Waals surface area contributed by atoms with E-state index in [9.17, 15) is 8.42 Å². The Labute approximate surface area is 151 Å². The lowest BCUT2D eigenvalue weighted by atomic mass is 9.71.